The summed E-state index contributed by atoms with van der Waals surface area (Å²) in [6, 6.07) is 24.9. The van der Waals surface area contributed by atoms with Crippen molar-refractivity contribution in [3.8, 4) is 16.9 Å². The van der Waals surface area contributed by atoms with Gasteiger partial charge in [-0.1, -0.05) is 86.4 Å². The van der Waals surface area contributed by atoms with Gasteiger partial charge in [0.25, 0.3) is 11.8 Å². The van der Waals surface area contributed by atoms with Crippen molar-refractivity contribution in [2.45, 2.75) is 77.3 Å². The van der Waals surface area contributed by atoms with Crippen LogP contribution in [0.2, 0.25) is 0 Å². The molecule has 1 aliphatic heterocycles. The zero-order valence-corrected chi connectivity index (χ0v) is 30.6. The Hall–Kier alpha value is -4.87. The SMILES string of the molecule is CCCCN(CCCC)C(=O)c1cc(C)n(-c2ccc(NSc3c(-c4ccccc4)noc3C)cc2C(=O)N2Cc3ccccc3CC2CO)n1. The average molecular weight is 707 g/mol. The second-order valence-corrected chi connectivity index (χ2v) is 13.9. The van der Waals surface area contributed by atoms with E-state index in [0.29, 0.717) is 54.4 Å². The molecule has 0 saturated carbocycles. The van der Waals surface area contributed by atoms with E-state index < -0.39 is 0 Å². The van der Waals surface area contributed by atoms with Crippen molar-refractivity contribution in [2.24, 2.45) is 0 Å². The van der Waals surface area contributed by atoms with Crippen molar-refractivity contribution in [2.75, 3.05) is 24.4 Å². The summed E-state index contributed by atoms with van der Waals surface area (Å²) in [5.41, 5.74) is 6.60. The first-order chi connectivity index (χ1) is 24.8. The predicted molar refractivity (Wildman–Crippen MR) is 201 cm³/mol. The van der Waals surface area contributed by atoms with Gasteiger partial charge in [-0.25, -0.2) is 4.68 Å². The maximum Gasteiger partial charge on any atom is 0.274 e. The minimum absolute atomic E-state index is 0.104. The first kappa shape index (κ1) is 35.9. The summed E-state index contributed by atoms with van der Waals surface area (Å²) in [6.07, 6.45) is 4.39. The second-order valence-electron chi connectivity index (χ2n) is 13.0. The van der Waals surface area contributed by atoms with Crippen LogP contribution in [0.4, 0.5) is 5.69 Å². The molecule has 5 aromatic rings. The van der Waals surface area contributed by atoms with Crippen molar-refractivity contribution in [1.82, 2.24) is 24.7 Å². The summed E-state index contributed by atoms with van der Waals surface area (Å²) in [5.74, 6) is 0.342. The average Bonchev–Trinajstić information content (AvgIpc) is 3.74. The summed E-state index contributed by atoms with van der Waals surface area (Å²) in [5, 5.41) is 19.6. The van der Waals surface area contributed by atoms with Gasteiger partial charge in [-0.15, -0.1) is 0 Å². The van der Waals surface area contributed by atoms with E-state index in [1.165, 1.54) is 11.9 Å². The van der Waals surface area contributed by atoms with E-state index in [9.17, 15) is 14.7 Å². The fraction of sp³-hybridized carbons (Fsp3) is 0.350. The topological polar surface area (TPSA) is 117 Å². The van der Waals surface area contributed by atoms with Gasteiger partial charge in [-0.3, -0.25) is 9.59 Å². The molecule has 10 nitrogen and oxygen atoms in total. The Bertz CT molecular complexity index is 1960. The van der Waals surface area contributed by atoms with Crippen LogP contribution in [0.3, 0.4) is 0 Å². The van der Waals surface area contributed by atoms with Crippen molar-refractivity contribution < 1.29 is 19.2 Å². The summed E-state index contributed by atoms with van der Waals surface area (Å²) < 4.78 is 10.7. The van der Waals surface area contributed by atoms with Gasteiger partial charge < -0.3 is 24.2 Å². The molecule has 6 rings (SSSR count). The Morgan fingerprint density at radius 1 is 0.961 bits per heavy atom. The lowest BCUT2D eigenvalue weighted by atomic mass is 9.93. The number of nitrogens with zero attached hydrogens (tertiary/aromatic N) is 5. The minimum Gasteiger partial charge on any atom is -0.394 e. The summed E-state index contributed by atoms with van der Waals surface area (Å²) >= 11 is 1.37. The fourth-order valence-electron chi connectivity index (χ4n) is 6.47. The molecule has 51 heavy (non-hydrogen) atoms. The molecular formula is C40H46N6O4S. The lowest BCUT2D eigenvalue weighted by Crippen LogP contribution is -2.46. The fourth-order valence-corrected chi connectivity index (χ4v) is 7.25. The van der Waals surface area contributed by atoms with Crippen molar-refractivity contribution >= 4 is 29.4 Å². The van der Waals surface area contributed by atoms with Crippen LogP contribution in [-0.2, 0) is 13.0 Å². The summed E-state index contributed by atoms with van der Waals surface area (Å²) in [4.78, 5) is 32.9. The molecule has 3 aromatic carbocycles. The number of aliphatic hydroxyl groups excluding tert-OH is 1. The van der Waals surface area contributed by atoms with Crippen LogP contribution in [-0.4, -0.2) is 67.4 Å². The maximum absolute atomic E-state index is 14.7. The number of aromatic nitrogens is 3. The lowest BCUT2D eigenvalue weighted by molar-refractivity contribution is 0.0544. The summed E-state index contributed by atoms with van der Waals surface area (Å²) in [6.45, 7) is 9.58. The predicted octanol–water partition coefficient (Wildman–Crippen LogP) is 7.87. The van der Waals surface area contributed by atoms with E-state index in [1.807, 2.05) is 85.5 Å². The van der Waals surface area contributed by atoms with E-state index in [2.05, 4.69) is 29.8 Å². The largest absolute Gasteiger partial charge is 0.394 e. The van der Waals surface area contributed by atoms with E-state index in [1.54, 1.807) is 15.6 Å². The van der Waals surface area contributed by atoms with Crippen molar-refractivity contribution in [3.05, 3.63) is 113 Å². The molecule has 0 spiro atoms. The molecule has 0 aliphatic carbocycles. The molecule has 0 bridgehead atoms. The number of rotatable bonds is 14. The number of hydrogen-bond acceptors (Lipinski definition) is 8. The van der Waals surface area contributed by atoms with Gasteiger partial charge in [-0.05, 0) is 80.5 Å². The van der Waals surface area contributed by atoms with E-state index in [-0.39, 0.29) is 24.5 Å². The summed E-state index contributed by atoms with van der Waals surface area (Å²) in [7, 11) is 0. The highest BCUT2D eigenvalue weighted by Crippen LogP contribution is 2.35. The van der Waals surface area contributed by atoms with Crippen molar-refractivity contribution in [3.63, 3.8) is 0 Å². The van der Waals surface area contributed by atoms with Crippen LogP contribution in [0.5, 0.6) is 0 Å². The normalized spacial score (nSPS) is 14.0. The molecule has 2 aromatic heterocycles. The molecule has 3 heterocycles. The number of hydrogen-bond donors (Lipinski definition) is 2. The maximum atomic E-state index is 14.7. The van der Waals surface area contributed by atoms with Crippen molar-refractivity contribution in [1.29, 1.82) is 0 Å². The second kappa shape index (κ2) is 16.4. The smallest absolute Gasteiger partial charge is 0.274 e. The molecule has 2 amide bonds. The Morgan fingerprint density at radius 3 is 2.37 bits per heavy atom. The molecule has 11 heteroatoms. The third-order valence-electron chi connectivity index (χ3n) is 9.37. The third kappa shape index (κ3) is 7.89. The highest BCUT2D eigenvalue weighted by molar-refractivity contribution is 8.00. The number of unbranched alkanes of at least 4 members (excludes halogenated alkanes) is 2. The Kier molecular flexibility index (Phi) is 11.6. The highest BCUT2D eigenvalue weighted by atomic mass is 32.2. The number of aryl methyl sites for hydroxylation is 2. The highest BCUT2D eigenvalue weighted by Gasteiger charge is 2.32. The molecule has 266 valence electrons. The first-order valence-electron chi connectivity index (χ1n) is 17.8. The number of amides is 2. The van der Waals surface area contributed by atoms with E-state index in [4.69, 9.17) is 9.62 Å². The number of fused-ring (bicyclic) bond motifs is 1. The van der Waals surface area contributed by atoms with Gasteiger partial charge in [-0.2, -0.15) is 5.10 Å². The zero-order chi connectivity index (χ0) is 35.9. The molecule has 0 saturated heterocycles. The van der Waals surface area contributed by atoms with Gasteiger partial charge in [0.15, 0.2) is 5.69 Å². The molecule has 0 radical (unpaired) electrons. The molecule has 0 fully saturated rings. The number of carbonyl (C=O) groups excluding carboxylic acids is 2. The minimum atomic E-state index is -0.388. The van der Waals surface area contributed by atoms with Crippen LogP contribution in [0.1, 0.15) is 83.0 Å². The quantitative estimate of drug-likeness (QED) is 0.112. The third-order valence-corrected chi connectivity index (χ3v) is 10.4. The van der Waals surface area contributed by atoms with Gasteiger partial charge in [0.2, 0.25) is 0 Å². The number of benzene rings is 3. The lowest BCUT2D eigenvalue weighted by Gasteiger charge is -2.36. The first-order valence-corrected chi connectivity index (χ1v) is 18.6. The van der Waals surface area contributed by atoms with Gasteiger partial charge >= 0.3 is 0 Å². The Morgan fingerprint density at radius 2 is 1.67 bits per heavy atom. The van der Waals surface area contributed by atoms with Crippen LogP contribution in [0.15, 0.2) is 88.3 Å². The number of aliphatic hydroxyl groups is 1. The van der Waals surface area contributed by atoms with E-state index >= 15 is 0 Å². The van der Waals surface area contributed by atoms with Gasteiger partial charge in [0.05, 0.1) is 28.8 Å². The Balaban J connectivity index is 1.37. The molecule has 1 aliphatic rings. The van der Waals surface area contributed by atoms with E-state index in [0.717, 1.165) is 58.7 Å². The number of anilines is 1. The monoisotopic (exact) mass is 706 g/mol. The van der Waals surface area contributed by atoms with Crippen LogP contribution >= 0.6 is 11.9 Å². The van der Waals surface area contributed by atoms with Gasteiger partial charge in [0.1, 0.15) is 11.5 Å². The molecule has 2 N–H and O–H groups in total. The van der Waals surface area contributed by atoms with Crippen LogP contribution in [0.25, 0.3) is 16.9 Å². The van der Waals surface area contributed by atoms with Crippen LogP contribution in [0, 0.1) is 13.8 Å². The molecule has 1 unspecified atom stereocenters. The Labute approximate surface area is 304 Å². The van der Waals surface area contributed by atoms with Crippen LogP contribution < -0.4 is 4.72 Å². The molecule has 1 atom stereocenters. The zero-order valence-electron chi connectivity index (χ0n) is 29.8. The standard InChI is InChI=1S/C40H46N6O4S/c1-5-7-20-44(21-8-6-2)40(49)35-22-27(3)46(41-35)36-19-18-32(43-51-38-28(4)50-42-37(38)29-14-10-9-11-15-29)24-34(36)39(48)45-25-31-17-13-12-16-30(31)23-33(45)26-47/h9-19,22,24,33,43,47H,5-8,20-21,23,25-26H2,1-4H3. The molecular weight excluding hydrogens is 661 g/mol. The number of nitrogens with one attached hydrogen (secondary N) is 1. The number of carbonyl (C=O) groups is 2. The van der Waals surface area contributed by atoms with Gasteiger partial charge in [0, 0.05) is 36.6 Å².